The number of amides is 2. The Labute approximate surface area is 148 Å². The molecule has 0 bridgehead atoms. The van der Waals surface area contributed by atoms with Gasteiger partial charge in [0, 0.05) is 17.8 Å². The van der Waals surface area contributed by atoms with Gasteiger partial charge in [0.1, 0.15) is 0 Å². The molecule has 0 aliphatic carbocycles. The van der Waals surface area contributed by atoms with Gasteiger partial charge in [-0.05, 0) is 55.8 Å². The van der Waals surface area contributed by atoms with Crippen molar-refractivity contribution in [1.29, 1.82) is 0 Å². The van der Waals surface area contributed by atoms with Gasteiger partial charge in [-0.2, -0.15) is 0 Å². The number of rotatable bonds is 7. The SMILES string of the molecule is CCc1ccc(CN(C)[C@H](C)C(=O)Nc2ccc(C(N)=O)cc2)cc1. The van der Waals surface area contributed by atoms with Crippen molar-refractivity contribution < 1.29 is 9.59 Å². The van der Waals surface area contributed by atoms with Gasteiger partial charge in [0.25, 0.3) is 0 Å². The van der Waals surface area contributed by atoms with E-state index in [0.717, 1.165) is 6.42 Å². The van der Waals surface area contributed by atoms with Gasteiger partial charge in [0.05, 0.1) is 6.04 Å². The number of hydrogen-bond donors (Lipinski definition) is 2. The molecule has 0 unspecified atom stereocenters. The van der Waals surface area contributed by atoms with Crippen LogP contribution in [-0.4, -0.2) is 29.8 Å². The van der Waals surface area contributed by atoms with Crippen LogP contribution in [0.3, 0.4) is 0 Å². The van der Waals surface area contributed by atoms with Crippen molar-refractivity contribution in [3.63, 3.8) is 0 Å². The second-order valence-corrected chi connectivity index (χ2v) is 6.19. The molecule has 0 heterocycles. The molecule has 0 radical (unpaired) electrons. The molecule has 132 valence electrons. The Morgan fingerprint density at radius 2 is 1.60 bits per heavy atom. The van der Waals surface area contributed by atoms with E-state index in [0.29, 0.717) is 17.8 Å². The predicted molar refractivity (Wildman–Crippen MR) is 100 cm³/mol. The molecule has 0 aliphatic rings. The summed E-state index contributed by atoms with van der Waals surface area (Å²) in [5.41, 5.74) is 8.74. The maximum atomic E-state index is 12.4. The molecule has 2 aromatic rings. The van der Waals surface area contributed by atoms with Gasteiger partial charge in [0.15, 0.2) is 0 Å². The normalized spacial score (nSPS) is 12.0. The van der Waals surface area contributed by atoms with Crippen LogP contribution in [0.25, 0.3) is 0 Å². The lowest BCUT2D eigenvalue weighted by Crippen LogP contribution is -2.39. The maximum Gasteiger partial charge on any atom is 0.248 e. The van der Waals surface area contributed by atoms with Crippen LogP contribution in [0.5, 0.6) is 0 Å². The highest BCUT2D eigenvalue weighted by Crippen LogP contribution is 2.13. The first-order valence-electron chi connectivity index (χ1n) is 8.39. The van der Waals surface area contributed by atoms with Crippen LogP contribution in [0.2, 0.25) is 0 Å². The van der Waals surface area contributed by atoms with Crippen LogP contribution in [-0.2, 0) is 17.8 Å². The molecule has 1 atom stereocenters. The van der Waals surface area contributed by atoms with Crippen LogP contribution < -0.4 is 11.1 Å². The number of primary amides is 1. The summed E-state index contributed by atoms with van der Waals surface area (Å²) in [6.07, 6.45) is 1.02. The van der Waals surface area contributed by atoms with Crippen molar-refractivity contribution in [3.8, 4) is 0 Å². The molecule has 3 N–H and O–H groups in total. The van der Waals surface area contributed by atoms with E-state index in [9.17, 15) is 9.59 Å². The highest BCUT2D eigenvalue weighted by atomic mass is 16.2. The van der Waals surface area contributed by atoms with Crippen LogP contribution in [0, 0.1) is 0 Å². The number of nitrogens with one attached hydrogen (secondary N) is 1. The lowest BCUT2D eigenvalue weighted by molar-refractivity contribution is -0.120. The summed E-state index contributed by atoms with van der Waals surface area (Å²) < 4.78 is 0. The molecule has 0 fully saturated rings. The Morgan fingerprint density at radius 1 is 1.04 bits per heavy atom. The summed E-state index contributed by atoms with van der Waals surface area (Å²) in [6.45, 7) is 4.69. The molecular formula is C20H25N3O2. The molecule has 5 nitrogen and oxygen atoms in total. The van der Waals surface area contributed by atoms with Crippen LogP contribution in [0.4, 0.5) is 5.69 Å². The first kappa shape index (κ1) is 18.7. The van der Waals surface area contributed by atoms with Gasteiger partial charge in [-0.15, -0.1) is 0 Å². The summed E-state index contributed by atoms with van der Waals surface area (Å²) in [6, 6.07) is 14.7. The van der Waals surface area contributed by atoms with E-state index in [4.69, 9.17) is 5.73 Å². The molecule has 0 aliphatic heterocycles. The second kappa shape index (κ2) is 8.44. The van der Waals surface area contributed by atoms with Gasteiger partial charge in [-0.1, -0.05) is 31.2 Å². The summed E-state index contributed by atoms with van der Waals surface area (Å²) in [7, 11) is 1.92. The van der Waals surface area contributed by atoms with Gasteiger partial charge < -0.3 is 11.1 Å². The minimum absolute atomic E-state index is 0.0977. The first-order valence-corrected chi connectivity index (χ1v) is 8.39. The topological polar surface area (TPSA) is 75.4 Å². The predicted octanol–water partition coefficient (Wildman–Crippen LogP) is 2.81. The van der Waals surface area contributed by atoms with Crippen LogP contribution >= 0.6 is 0 Å². The van der Waals surface area contributed by atoms with Gasteiger partial charge in [-0.25, -0.2) is 0 Å². The fourth-order valence-electron chi connectivity index (χ4n) is 2.47. The lowest BCUT2D eigenvalue weighted by Gasteiger charge is -2.24. The first-order chi connectivity index (χ1) is 11.9. The molecule has 0 saturated carbocycles. The average Bonchev–Trinajstić information content (AvgIpc) is 2.62. The van der Waals surface area contributed by atoms with E-state index >= 15 is 0 Å². The minimum Gasteiger partial charge on any atom is -0.366 e. The van der Waals surface area contributed by atoms with Crippen molar-refractivity contribution in [1.82, 2.24) is 4.90 Å². The van der Waals surface area contributed by atoms with E-state index in [-0.39, 0.29) is 11.9 Å². The number of benzene rings is 2. The maximum absolute atomic E-state index is 12.4. The number of carbonyl (C=O) groups excluding carboxylic acids is 2. The number of carbonyl (C=O) groups is 2. The monoisotopic (exact) mass is 339 g/mol. The summed E-state index contributed by atoms with van der Waals surface area (Å²) in [5.74, 6) is -0.584. The van der Waals surface area contributed by atoms with Gasteiger partial charge in [-0.3, -0.25) is 14.5 Å². The standard InChI is InChI=1S/C20H25N3O2/c1-4-15-5-7-16(8-6-15)13-23(3)14(2)20(25)22-18-11-9-17(10-12-18)19(21)24/h5-12,14H,4,13H2,1-3H3,(H2,21,24)(H,22,25)/t14-/m1/s1. The van der Waals surface area contributed by atoms with E-state index in [1.165, 1.54) is 11.1 Å². The van der Waals surface area contributed by atoms with Crippen molar-refractivity contribution in [2.24, 2.45) is 5.73 Å². The van der Waals surface area contributed by atoms with Crippen LogP contribution in [0.1, 0.15) is 35.3 Å². The smallest absolute Gasteiger partial charge is 0.248 e. The van der Waals surface area contributed by atoms with Gasteiger partial charge >= 0.3 is 0 Å². The Hall–Kier alpha value is -2.66. The van der Waals surface area contributed by atoms with E-state index in [2.05, 4.69) is 36.5 Å². The number of nitrogens with two attached hydrogens (primary N) is 1. The zero-order chi connectivity index (χ0) is 18.4. The Bertz CT molecular complexity index is 724. The Balaban J connectivity index is 1.94. The summed E-state index contributed by atoms with van der Waals surface area (Å²) in [4.78, 5) is 25.5. The molecule has 2 rings (SSSR count). The van der Waals surface area contributed by atoms with E-state index in [1.54, 1.807) is 24.3 Å². The number of anilines is 1. The van der Waals surface area contributed by atoms with Crippen molar-refractivity contribution >= 4 is 17.5 Å². The third kappa shape index (κ3) is 5.16. The molecule has 0 aromatic heterocycles. The lowest BCUT2D eigenvalue weighted by atomic mass is 10.1. The fourth-order valence-corrected chi connectivity index (χ4v) is 2.47. The molecule has 2 amide bonds. The molecule has 25 heavy (non-hydrogen) atoms. The third-order valence-corrected chi connectivity index (χ3v) is 4.34. The highest BCUT2D eigenvalue weighted by Gasteiger charge is 2.18. The zero-order valence-electron chi connectivity index (χ0n) is 15.0. The fraction of sp³-hybridized carbons (Fsp3) is 0.300. The van der Waals surface area contributed by atoms with Crippen molar-refractivity contribution in [3.05, 3.63) is 65.2 Å². The third-order valence-electron chi connectivity index (χ3n) is 4.34. The van der Waals surface area contributed by atoms with E-state index in [1.807, 2.05) is 18.9 Å². The Morgan fingerprint density at radius 3 is 2.12 bits per heavy atom. The van der Waals surface area contributed by atoms with Crippen LogP contribution in [0.15, 0.2) is 48.5 Å². The average molecular weight is 339 g/mol. The highest BCUT2D eigenvalue weighted by molar-refractivity contribution is 5.96. The molecule has 0 saturated heterocycles. The molecule has 0 spiro atoms. The zero-order valence-corrected chi connectivity index (χ0v) is 15.0. The molecule has 2 aromatic carbocycles. The number of nitrogens with zero attached hydrogens (tertiary/aromatic N) is 1. The molecular weight excluding hydrogens is 314 g/mol. The molecule has 5 heteroatoms. The van der Waals surface area contributed by atoms with Gasteiger partial charge in [0.2, 0.25) is 11.8 Å². The summed E-state index contributed by atoms with van der Waals surface area (Å²) in [5, 5.41) is 2.86. The van der Waals surface area contributed by atoms with Crippen molar-refractivity contribution in [2.45, 2.75) is 32.9 Å². The Kier molecular flexibility index (Phi) is 6.31. The summed E-state index contributed by atoms with van der Waals surface area (Å²) >= 11 is 0. The van der Waals surface area contributed by atoms with Crippen molar-refractivity contribution in [2.75, 3.05) is 12.4 Å². The number of hydrogen-bond acceptors (Lipinski definition) is 3. The minimum atomic E-state index is -0.486. The second-order valence-electron chi connectivity index (χ2n) is 6.19. The van der Waals surface area contributed by atoms with E-state index < -0.39 is 5.91 Å². The number of aryl methyl sites for hydroxylation is 1. The quantitative estimate of drug-likeness (QED) is 0.814. The number of likely N-dealkylation sites (N-methyl/N-ethyl adjacent to an activating group) is 1. The largest absolute Gasteiger partial charge is 0.366 e.